The van der Waals surface area contributed by atoms with Crippen LogP contribution in [0.4, 0.5) is 0 Å². The van der Waals surface area contributed by atoms with E-state index in [4.69, 9.17) is 11.5 Å². The van der Waals surface area contributed by atoms with E-state index in [1.807, 2.05) is 24.3 Å². The standard InChI is InChI=1S/C45H50B2N2/c1-5-20-34-24-10-14-28-38(34)42(39-29-15-11-25-35(39)21-6-2)44(48)46-32-18-9-19-33-47-45(49)43(40-30-16-12-26-36(40)22-7-3)41-31-17-13-27-37(41)23-8-4/h5-8,10-17,24-31H,1-4,9,18-23,32-33,48-49H2. The van der Waals surface area contributed by atoms with Gasteiger partial charge in [-0.3, -0.25) is 0 Å². The first-order valence-corrected chi connectivity index (χ1v) is 17.5. The van der Waals surface area contributed by atoms with Gasteiger partial charge in [0.15, 0.2) is 14.6 Å². The van der Waals surface area contributed by atoms with E-state index in [2.05, 4.69) is 138 Å². The number of unbranched alkanes of at least 4 members (excludes halogenated alkanes) is 2. The van der Waals surface area contributed by atoms with Crippen LogP contribution < -0.4 is 11.5 Å². The first-order valence-electron chi connectivity index (χ1n) is 17.5. The molecule has 0 saturated carbocycles. The maximum absolute atomic E-state index is 6.94. The maximum atomic E-state index is 6.94. The van der Waals surface area contributed by atoms with E-state index in [9.17, 15) is 0 Å². The van der Waals surface area contributed by atoms with Crippen molar-refractivity contribution in [1.82, 2.24) is 0 Å². The Hall–Kier alpha value is -4.95. The van der Waals surface area contributed by atoms with Gasteiger partial charge in [-0.15, -0.1) is 26.3 Å². The molecule has 4 N–H and O–H groups in total. The summed E-state index contributed by atoms with van der Waals surface area (Å²) < 4.78 is 0. The molecule has 4 aromatic rings. The molecule has 0 unspecified atom stereocenters. The van der Waals surface area contributed by atoms with Crippen molar-refractivity contribution in [2.24, 2.45) is 11.5 Å². The molecule has 0 aliphatic rings. The van der Waals surface area contributed by atoms with Crippen molar-refractivity contribution in [3.05, 3.63) is 203 Å². The molecule has 0 aromatic heterocycles. The van der Waals surface area contributed by atoms with Crippen LogP contribution in [0.2, 0.25) is 12.6 Å². The van der Waals surface area contributed by atoms with Crippen molar-refractivity contribution < 1.29 is 0 Å². The van der Waals surface area contributed by atoms with Gasteiger partial charge in [-0.2, -0.15) is 0 Å². The molecule has 0 bridgehead atoms. The minimum absolute atomic E-state index is 0.784. The molecule has 0 amide bonds. The quantitative estimate of drug-likeness (QED) is 0.0574. The molecule has 2 nitrogen and oxygen atoms in total. The molecule has 2 radical (unpaired) electrons. The van der Waals surface area contributed by atoms with E-state index < -0.39 is 0 Å². The normalized spacial score (nSPS) is 10.4. The lowest BCUT2D eigenvalue weighted by molar-refractivity contribution is 0.766. The lowest BCUT2D eigenvalue weighted by atomic mass is 9.64. The van der Waals surface area contributed by atoms with Crippen molar-refractivity contribution >= 4 is 25.7 Å². The molecule has 0 spiro atoms. The lowest BCUT2D eigenvalue weighted by Gasteiger charge is -2.19. The average molecular weight is 641 g/mol. The third-order valence-electron chi connectivity index (χ3n) is 8.82. The van der Waals surface area contributed by atoms with Crippen LogP contribution in [0.5, 0.6) is 0 Å². The number of allylic oxidation sites excluding steroid dienone is 4. The highest BCUT2D eigenvalue weighted by Crippen LogP contribution is 2.33. The van der Waals surface area contributed by atoms with E-state index in [0.29, 0.717) is 0 Å². The molecule has 4 heteroatoms. The molecule has 0 aliphatic carbocycles. The number of benzene rings is 4. The predicted octanol–water partition coefficient (Wildman–Crippen LogP) is 10.1. The molecule has 0 aliphatic heterocycles. The first-order chi connectivity index (χ1) is 24.0. The summed E-state index contributed by atoms with van der Waals surface area (Å²) in [6.07, 6.45) is 15.9. The molecule has 4 aromatic carbocycles. The fourth-order valence-corrected chi connectivity index (χ4v) is 6.49. The zero-order valence-corrected chi connectivity index (χ0v) is 29.0. The van der Waals surface area contributed by atoms with Gasteiger partial charge in [0.1, 0.15) is 0 Å². The summed E-state index contributed by atoms with van der Waals surface area (Å²) in [5.74, 6) is 0. The summed E-state index contributed by atoms with van der Waals surface area (Å²) in [4.78, 5) is 0. The van der Waals surface area contributed by atoms with Crippen LogP contribution in [-0.2, 0) is 25.7 Å². The fourth-order valence-electron chi connectivity index (χ4n) is 6.49. The van der Waals surface area contributed by atoms with Crippen LogP contribution in [0.3, 0.4) is 0 Å². The third kappa shape index (κ3) is 10.0. The molecule has 4 rings (SSSR count). The second kappa shape index (κ2) is 19.8. The smallest absolute Gasteiger partial charge is 0.174 e. The fraction of sp³-hybridized carbons (Fsp3) is 0.200. The Morgan fingerprint density at radius 3 is 0.959 bits per heavy atom. The Balaban J connectivity index is 1.48. The van der Waals surface area contributed by atoms with Crippen LogP contribution >= 0.6 is 0 Å². The summed E-state index contributed by atoms with van der Waals surface area (Å²) in [7, 11) is 4.40. The summed E-state index contributed by atoms with van der Waals surface area (Å²) in [6, 6.07) is 34.0. The Kier molecular flexibility index (Phi) is 14.9. The number of hydrogen-bond acceptors (Lipinski definition) is 2. The molecular formula is C45H50B2N2. The maximum Gasteiger partial charge on any atom is 0.174 e. The van der Waals surface area contributed by atoms with E-state index in [1.165, 1.54) is 22.3 Å². The monoisotopic (exact) mass is 640 g/mol. The minimum atomic E-state index is 0.784. The number of nitrogens with two attached hydrogens (primary N) is 2. The molecule has 49 heavy (non-hydrogen) atoms. The van der Waals surface area contributed by atoms with Gasteiger partial charge in [0.25, 0.3) is 0 Å². The molecule has 0 heterocycles. The Morgan fingerprint density at radius 1 is 0.429 bits per heavy atom. The number of hydrogen-bond donors (Lipinski definition) is 2. The van der Waals surface area contributed by atoms with E-state index in [1.54, 1.807) is 0 Å². The molecule has 0 fully saturated rings. The predicted molar refractivity (Wildman–Crippen MR) is 217 cm³/mol. The molecular weight excluding hydrogens is 590 g/mol. The van der Waals surface area contributed by atoms with Crippen molar-refractivity contribution in [3.63, 3.8) is 0 Å². The summed E-state index contributed by atoms with van der Waals surface area (Å²) in [5.41, 5.74) is 27.2. The van der Waals surface area contributed by atoms with Gasteiger partial charge in [-0.25, -0.2) is 0 Å². The van der Waals surface area contributed by atoms with Crippen molar-refractivity contribution in [1.29, 1.82) is 0 Å². The zero-order valence-electron chi connectivity index (χ0n) is 29.0. The van der Waals surface area contributed by atoms with Gasteiger partial charge < -0.3 is 11.5 Å². The summed E-state index contributed by atoms with van der Waals surface area (Å²) >= 11 is 0. The van der Waals surface area contributed by atoms with Gasteiger partial charge >= 0.3 is 0 Å². The van der Waals surface area contributed by atoms with Crippen LogP contribution in [-0.4, -0.2) is 14.6 Å². The van der Waals surface area contributed by atoms with Gasteiger partial charge in [0.05, 0.1) is 0 Å². The minimum Gasteiger partial charge on any atom is -0.410 e. The largest absolute Gasteiger partial charge is 0.410 e. The van der Waals surface area contributed by atoms with Crippen LogP contribution in [0.25, 0.3) is 11.1 Å². The molecule has 246 valence electrons. The van der Waals surface area contributed by atoms with Crippen LogP contribution in [0.1, 0.15) is 63.8 Å². The lowest BCUT2D eigenvalue weighted by Crippen LogP contribution is -2.13. The van der Waals surface area contributed by atoms with Crippen molar-refractivity contribution in [2.75, 3.05) is 0 Å². The zero-order chi connectivity index (χ0) is 34.8. The van der Waals surface area contributed by atoms with Crippen molar-refractivity contribution in [2.45, 2.75) is 57.6 Å². The van der Waals surface area contributed by atoms with E-state index >= 15 is 0 Å². The molecule has 0 saturated heterocycles. The van der Waals surface area contributed by atoms with Gasteiger partial charge in [0.2, 0.25) is 0 Å². The van der Waals surface area contributed by atoms with E-state index in [0.717, 1.165) is 102 Å². The SMILES string of the molecule is C=CCc1ccccc1C(=C(N)[B]CCCCC[B]C(N)=C(c1ccccc1CC=C)c1ccccc1CC=C)c1ccccc1CC=C. The third-order valence-corrected chi connectivity index (χ3v) is 8.82. The second-order valence-electron chi connectivity index (χ2n) is 12.3. The van der Waals surface area contributed by atoms with Gasteiger partial charge in [0, 0.05) is 0 Å². The first kappa shape index (κ1) is 36.9. The van der Waals surface area contributed by atoms with Gasteiger partial charge in [-0.05, 0) is 92.5 Å². The Labute approximate surface area is 297 Å². The van der Waals surface area contributed by atoms with Crippen molar-refractivity contribution in [3.8, 4) is 0 Å². The Bertz CT molecular complexity index is 1550. The van der Waals surface area contributed by atoms with E-state index in [-0.39, 0.29) is 0 Å². The van der Waals surface area contributed by atoms with Gasteiger partial charge in [-0.1, -0.05) is 153 Å². The summed E-state index contributed by atoms with van der Waals surface area (Å²) in [6.45, 7) is 16.0. The highest BCUT2D eigenvalue weighted by molar-refractivity contribution is 6.47. The topological polar surface area (TPSA) is 52.0 Å². The second-order valence-corrected chi connectivity index (χ2v) is 12.3. The average Bonchev–Trinajstić information content (AvgIpc) is 3.11. The van der Waals surface area contributed by atoms with Crippen LogP contribution in [0, 0.1) is 0 Å². The van der Waals surface area contributed by atoms with Crippen LogP contribution in [0.15, 0.2) is 159 Å². The number of rotatable bonds is 20. The summed E-state index contributed by atoms with van der Waals surface area (Å²) in [5, 5.41) is 0. The highest BCUT2D eigenvalue weighted by atomic mass is 14.6. The molecule has 0 atom stereocenters. The highest BCUT2D eigenvalue weighted by Gasteiger charge is 2.18. The Morgan fingerprint density at radius 2 is 0.694 bits per heavy atom.